The Morgan fingerprint density at radius 2 is 2.04 bits per heavy atom. The lowest BCUT2D eigenvalue weighted by Gasteiger charge is -2.02. The molecule has 0 aliphatic rings. The fraction of sp³-hybridized carbons (Fsp3) is 0.158. The molecule has 0 radical (unpaired) electrons. The first-order valence-electron chi connectivity index (χ1n) is 7.89. The Kier molecular flexibility index (Phi) is 3.78. The summed E-state index contributed by atoms with van der Waals surface area (Å²) in [5.74, 6) is -0.123. The highest BCUT2D eigenvalue weighted by Gasteiger charge is 2.12. The highest BCUT2D eigenvalue weighted by Crippen LogP contribution is 2.24. The number of hydrogen-bond donors (Lipinski definition) is 2. The normalized spacial score (nSPS) is 11.2. The Labute approximate surface area is 143 Å². The fourth-order valence-corrected chi connectivity index (χ4v) is 3.55. The number of aromatic nitrogens is 2. The maximum absolute atomic E-state index is 12.4. The van der Waals surface area contributed by atoms with Gasteiger partial charge in [0.2, 0.25) is 0 Å². The molecule has 5 heteroatoms. The van der Waals surface area contributed by atoms with Crippen LogP contribution in [0.2, 0.25) is 0 Å². The Morgan fingerprint density at radius 1 is 1.21 bits per heavy atom. The summed E-state index contributed by atoms with van der Waals surface area (Å²) < 4.78 is 0. The van der Waals surface area contributed by atoms with Crippen LogP contribution in [0, 0.1) is 6.92 Å². The lowest BCUT2D eigenvalue weighted by atomic mass is 10.1. The second kappa shape index (κ2) is 6.09. The summed E-state index contributed by atoms with van der Waals surface area (Å²) in [7, 11) is 0. The first-order valence-corrected chi connectivity index (χ1v) is 8.83. The number of rotatable bonds is 4. The molecule has 120 valence electrons. The quantitative estimate of drug-likeness (QED) is 0.591. The van der Waals surface area contributed by atoms with Gasteiger partial charge < -0.3 is 10.3 Å². The Bertz CT molecular complexity index is 1020. The number of nitrogens with one attached hydrogen (secondary N) is 2. The van der Waals surface area contributed by atoms with Gasteiger partial charge in [0.25, 0.3) is 5.91 Å². The molecule has 4 rings (SSSR count). The molecule has 0 saturated carbocycles. The van der Waals surface area contributed by atoms with E-state index in [1.165, 1.54) is 5.56 Å². The van der Waals surface area contributed by atoms with Crippen LogP contribution in [0.25, 0.3) is 21.8 Å². The lowest BCUT2D eigenvalue weighted by molar-refractivity contribution is 0.0950. The number of nitrogens with zero attached hydrogens (tertiary/aromatic N) is 1. The summed E-state index contributed by atoms with van der Waals surface area (Å²) in [6.45, 7) is 2.63. The number of aromatic amines is 1. The molecular formula is C19H17N3OS. The monoisotopic (exact) mass is 335 g/mol. The maximum atomic E-state index is 12.4. The molecule has 24 heavy (non-hydrogen) atoms. The average molecular weight is 335 g/mol. The Balaban J connectivity index is 1.58. The van der Waals surface area contributed by atoms with Crippen LogP contribution in [0.5, 0.6) is 0 Å². The van der Waals surface area contributed by atoms with Crippen molar-refractivity contribution in [2.75, 3.05) is 6.54 Å². The first kappa shape index (κ1) is 14.9. The number of H-pyrrole nitrogens is 1. The standard InChI is InChI=1S/C19H17N3OS/c1-12-2-3-14-4-5-15-10-16(22-18(15)17(14)21-12)19(23)20-8-6-13-7-9-24-11-13/h2-5,7,9-11,21H,6,8H2,1H3,(H,20,23). The molecule has 0 aliphatic heterocycles. The number of thiophene rings is 1. The highest BCUT2D eigenvalue weighted by atomic mass is 32.1. The van der Waals surface area contributed by atoms with E-state index in [2.05, 4.69) is 32.8 Å². The van der Waals surface area contributed by atoms with Gasteiger partial charge in [0.1, 0.15) is 5.69 Å². The second-order valence-electron chi connectivity index (χ2n) is 5.89. The van der Waals surface area contributed by atoms with E-state index in [9.17, 15) is 4.79 Å². The van der Waals surface area contributed by atoms with E-state index in [-0.39, 0.29) is 5.91 Å². The Morgan fingerprint density at radius 3 is 2.88 bits per heavy atom. The van der Waals surface area contributed by atoms with Crippen molar-refractivity contribution < 1.29 is 4.79 Å². The number of benzene rings is 1. The van der Waals surface area contributed by atoms with Crippen molar-refractivity contribution in [2.45, 2.75) is 13.3 Å². The fourth-order valence-electron chi connectivity index (χ4n) is 2.85. The predicted octanol–water partition coefficient (Wildman–Crippen LogP) is 4.06. The van der Waals surface area contributed by atoms with Crippen LogP contribution in [0.4, 0.5) is 0 Å². The third-order valence-electron chi connectivity index (χ3n) is 4.11. The van der Waals surface area contributed by atoms with Crippen molar-refractivity contribution in [1.82, 2.24) is 15.3 Å². The van der Waals surface area contributed by atoms with Crippen LogP contribution in [0.15, 0.2) is 47.2 Å². The van der Waals surface area contributed by atoms with Crippen LogP contribution in [-0.4, -0.2) is 22.4 Å². The van der Waals surface area contributed by atoms with E-state index in [1.54, 1.807) is 11.3 Å². The van der Waals surface area contributed by atoms with Crippen LogP contribution >= 0.6 is 11.3 Å². The summed E-state index contributed by atoms with van der Waals surface area (Å²) in [5.41, 5.74) is 4.61. The zero-order valence-corrected chi connectivity index (χ0v) is 14.1. The number of aryl methyl sites for hydroxylation is 1. The maximum Gasteiger partial charge on any atom is 0.269 e. The van der Waals surface area contributed by atoms with Crippen LogP contribution in [0.1, 0.15) is 21.7 Å². The molecule has 0 bridgehead atoms. The molecule has 4 aromatic rings. The molecule has 4 nitrogen and oxygen atoms in total. The minimum atomic E-state index is -0.123. The van der Waals surface area contributed by atoms with E-state index >= 15 is 0 Å². The van der Waals surface area contributed by atoms with E-state index in [1.807, 2.05) is 36.6 Å². The van der Waals surface area contributed by atoms with Gasteiger partial charge in [-0.3, -0.25) is 4.79 Å². The third kappa shape index (κ3) is 2.78. The van der Waals surface area contributed by atoms with Gasteiger partial charge in [-0.15, -0.1) is 0 Å². The van der Waals surface area contributed by atoms with Crippen molar-refractivity contribution in [3.63, 3.8) is 0 Å². The van der Waals surface area contributed by atoms with Gasteiger partial charge in [-0.05, 0) is 47.9 Å². The van der Waals surface area contributed by atoms with Gasteiger partial charge in [-0.2, -0.15) is 11.3 Å². The van der Waals surface area contributed by atoms with Gasteiger partial charge >= 0.3 is 0 Å². The van der Waals surface area contributed by atoms with Crippen molar-refractivity contribution >= 4 is 39.0 Å². The molecule has 0 fully saturated rings. The zero-order valence-electron chi connectivity index (χ0n) is 13.3. The number of pyridine rings is 1. The number of amides is 1. The minimum absolute atomic E-state index is 0.123. The molecule has 0 spiro atoms. The van der Waals surface area contributed by atoms with Crippen molar-refractivity contribution in [3.8, 4) is 0 Å². The topological polar surface area (TPSA) is 57.8 Å². The predicted molar refractivity (Wildman–Crippen MR) is 98.7 cm³/mol. The smallest absolute Gasteiger partial charge is 0.269 e. The van der Waals surface area contributed by atoms with Crippen molar-refractivity contribution in [2.24, 2.45) is 0 Å². The molecular weight excluding hydrogens is 318 g/mol. The van der Waals surface area contributed by atoms with Gasteiger partial charge in [0.15, 0.2) is 0 Å². The summed E-state index contributed by atoms with van der Waals surface area (Å²) in [5, 5.41) is 9.17. The summed E-state index contributed by atoms with van der Waals surface area (Å²) in [4.78, 5) is 20.3. The molecule has 2 N–H and O–H groups in total. The van der Waals surface area contributed by atoms with Crippen LogP contribution in [0.3, 0.4) is 0 Å². The van der Waals surface area contributed by atoms with Crippen LogP contribution < -0.4 is 5.32 Å². The Hall–Kier alpha value is -2.66. The zero-order chi connectivity index (χ0) is 16.5. The largest absolute Gasteiger partial charge is 0.357 e. The van der Waals surface area contributed by atoms with Gasteiger partial charge in [-0.25, -0.2) is 4.98 Å². The third-order valence-corrected chi connectivity index (χ3v) is 4.84. The molecule has 0 aliphatic carbocycles. The van der Waals surface area contributed by atoms with Gasteiger partial charge in [-0.1, -0.05) is 18.2 Å². The van der Waals surface area contributed by atoms with Crippen molar-refractivity contribution in [3.05, 3.63) is 64.1 Å². The molecule has 0 saturated heterocycles. The number of hydrogen-bond acceptors (Lipinski definition) is 3. The van der Waals surface area contributed by atoms with E-state index in [0.717, 1.165) is 33.9 Å². The van der Waals surface area contributed by atoms with E-state index < -0.39 is 0 Å². The summed E-state index contributed by atoms with van der Waals surface area (Å²) >= 11 is 1.67. The summed E-state index contributed by atoms with van der Waals surface area (Å²) in [6, 6.07) is 12.1. The lowest BCUT2D eigenvalue weighted by Crippen LogP contribution is -2.25. The molecule has 3 heterocycles. The average Bonchev–Trinajstić information content (AvgIpc) is 3.24. The number of carbonyl (C=O) groups excluding carboxylic acids is 1. The van der Waals surface area contributed by atoms with Gasteiger partial charge in [0.05, 0.1) is 11.0 Å². The molecule has 1 aromatic carbocycles. The molecule has 3 aromatic heterocycles. The van der Waals surface area contributed by atoms with Crippen molar-refractivity contribution in [1.29, 1.82) is 0 Å². The SMILES string of the molecule is Cc1ccc2ccc3cc(C(=O)NCCc4ccsc4)nc3c2[nH]1. The van der Waals surface area contributed by atoms with Gasteiger partial charge in [0, 0.05) is 23.0 Å². The minimum Gasteiger partial charge on any atom is -0.357 e. The first-order chi connectivity index (χ1) is 11.7. The number of fused-ring (bicyclic) bond motifs is 3. The highest BCUT2D eigenvalue weighted by molar-refractivity contribution is 7.07. The number of carbonyl (C=O) groups is 1. The summed E-state index contributed by atoms with van der Waals surface area (Å²) in [6.07, 6.45) is 0.839. The second-order valence-corrected chi connectivity index (χ2v) is 6.67. The van der Waals surface area contributed by atoms with Crippen LogP contribution in [-0.2, 0) is 6.42 Å². The molecule has 0 unspecified atom stereocenters. The van der Waals surface area contributed by atoms with E-state index in [4.69, 9.17) is 0 Å². The molecule has 1 amide bonds. The van der Waals surface area contributed by atoms with E-state index in [0.29, 0.717) is 12.2 Å². The molecule has 0 atom stereocenters.